The molecule has 8 nitrogen and oxygen atoms in total. The Labute approximate surface area is 177 Å². The molecule has 160 valence electrons. The average molecular weight is 430 g/mol. The minimum atomic E-state index is -3.57. The Bertz CT molecular complexity index is 980. The summed E-state index contributed by atoms with van der Waals surface area (Å²) in [5.41, 5.74) is 1.65. The quantitative estimate of drug-likeness (QED) is 0.727. The van der Waals surface area contributed by atoms with E-state index in [-0.39, 0.29) is 10.8 Å². The minimum absolute atomic E-state index is 0.0718. The maximum atomic E-state index is 13.0. The molecule has 0 atom stereocenters. The number of anilines is 2. The first kappa shape index (κ1) is 20.7. The number of carbonyl (C=O) groups is 1. The van der Waals surface area contributed by atoms with Gasteiger partial charge in [-0.1, -0.05) is 6.92 Å². The molecule has 9 heteroatoms. The molecule has 1 aromatic heterocycles. The van der Waals surface area contributed by atoms with Crippen molar-refractivity contribution in [1.29, 1.82) is 0 Å². The molecular weight excluding hydrogens is 402 g/mol. The summed E-state index contributed by atoms with van der Waals surface area (Å²) in [5, 5.41) is 11.4. The van der Waals surface area contributed by atoms with Crippen LogP contribution in [0.25, 0.3) is 0 Å². The van der Waals surface area contributed by atoms with Gasteiger partial charge in [0.2, 0.25) is 15.9 Å². The van der Waals surface area contributed by atoms with Gasteiger partial charge in [-0.3, -0.25) is 4.79 Å². The Kier molecular flexibility index (Phi) is 6.01. The van der Waals surface area contributed by atoms with Gasteiger partial charge < -0.3 is 10.2 Å². The molecule has 0 spiro atoms. The van der Waals surface area contributed by atoms with Crippen LogP contribution < -0.4 is 10.2 Å². The van der Waals surface area contributed by atoms with Gasteiger partial charge in [0.25, 0.3) is 0 Å². The molecule has 1 aliphatic carbocycles. The molecule has 1 aromatic carbocycles. The lowest BCUT2D eigenvalue weighted by molar-refractivity contribution is -0.116. The second-order valence-corrected chi connectivity index (χ2v) is 9.74. The number of nitrogens with zero attached hydrogens (tertiary/aromatic N) is 4. The van der Waals surface area contributed by atoms with Crippen molar-refractivity contribution < 1.29 is 13.2 Å². The van der Waals surface area contributed by atoms with Crippen molar-refractivity contribution in [2.45, 2.75) is 43.4 Å². The van der Waals surface area contributed by atoms with Gasteiger partial charge >= 0.3 is 0 Å². The zero-order valence-electron chi connectivity index (χ0n) is 17.1. The summed E-state index contributed by atoms with van der Waals surface area (Å²) in [6.07, 6.45) is 3.59. The van der Waals surface area contributed by atoms with Crippen molar-refractivity contribution >= 4 is 27.4 Å². The maximum absolute atomic E-state index is 13.0. The molecule has 2 aliphatic rings. The van der Waals surface area contributed by atoms with Gasteiger partial charge in [-0.05, 0) is 55.7 Å². The van der Waals surface area contributed by atoms with Crippen LogP contribution in [0.4, 0.5) is 11.5 Å². The van der Waals surface area contributed by atoms with Gasteiger partial charge in [0, 0.05) is 44.2 Å². The van der Waals surface area contributed by atoms with Crippen molar-refractivity contribution in [2.75, 3.05) is 36.4 Å². The number of nitrogens with one attached hydrogen (secondary N) is 1. The van der Waals surface area contributed by atoms with E-state index in [0.717, 1.165) is 17.9 Å². The summed E-state index contributed by atoms with van der Waals surface area (Å²) in [7, 11) is -3.57. The van der Waals surface area contributed by atoms with E-state index in [0.29, 0.717) is 44.2 Å². The number of aromatic nitrogens is 2. The Balaban J connectivity index is 1.36. The van der Waals surface area contributed by atoms with Crippen LogP contribution in [0.5, 0.6) is 0 Å². The molecule has 0 bridgehead atoms. The number of sulfonamides is 1. The number of rotatable bonds is 7. The molecule has 4 rings (SSSR count). The summed E-state index contributed by atoms with van der Waals surface area (Å²) in [5.74, 6) is 1.29. The zero-order chi connectivity index (χ0) is 21.1. The van der Waals surface area contributed by atoms with Crippen LogP contribution in [0.3, 0.4) is 0 Å². The Morgan fingerprint density at radius 2 is 1.73 bits per heavy atom. The number of hydrogen-bond donors (Lipinski definition) is 1. The first-order chi connectivity index (χ1) is 14.5. The lowest BCUT2D eigenvalue weighted by Crippen LogP contribution is -2.49. The molecule has 30 heavy (non-hydrogen) atoms. The summed E-state index contributed by atoms with van der Waals surface area (Å²) >= 11 is 0. The topological polar surface area (TPSA) is 95.5 Å². The molecule has 2 heterocycles. The second kappa shape index (κ2) is 8.69. The first-order valence-corrected chi connectivity index (χ1v) is 11.9. The van der Waals surface area contributed by atoms with E-state index in [4.69, 9.17) is 0 Å². The third-order valence-corrected chi connectivity index (χ3v) is 7.40. The van der Waals surface area contributed by atoms with Crippen molar-refractivity contribution in [1.82, 2.24) is 14.5 Å². The third-order valence-electron chi connectivity index (χ3n) is 5.48. The standard InChI is InChI=1S/C21H27N5O3S/c1-2-3-21(27)22-17-6-8-18(9-7-17)30(28,29)26-14-12-25(13-15-26)20-11-10-19(23-24-20)16-4-5-16/h6-11,16H,2-5,12-15H2,1H3,(H,22,27). The summed E-state index contributed by atoms with van der Waals surface area (Å²) < 4.78 is 27.5. The Morgan fingerprint density at radius 1 is 1.03 bits per heavy atom. The average Bonchev–Trinajstić information content (AvgIpc) is 3.60. The lowest BCUT2D eigenvalue weighted by atomic mass is 10.2. The molecule has 1 N–H and O–H groups in total. The Morgan fingerprint density at radius 3 is 2.30 bits per heavy atom. The van der Waals surface area contributed by atoms with E-state index in [9.17, 15) is 13.2 Å². The van der Waals surface area contributed by atoms with Crippen LogP contribution in [0, 0.1) is 0 Å². The third kappa shape index (κ3) is 4.62. The SMILES string of the molecule is CCCC(=O)Nc1ccc(S(=O)(=O)N2CCN(c3ccc(C4CC4)nn3)CC2)cc1. The predicted octanol–water partition coefficient (Wildman–Crippen LogP) is 2.60. The van der Waals surface area contributed by atoms with Crippen LogP contribution in [-0.4, -0.2) is 55.0 Å². The molecule has 2 aromatic rings. The summed E-state index contributed by atoms with van der Waals surface area (Å²) in [6, 6.07) is 10.4. The van der Waals surface area contributed by atoms with Crippen LogP contribution in [-0.2, 0) is 14.8 Å². The van der Waals surface area contributed by atoms with Crippen LogP contribution >= 0.6 is 0 Å². The number of piperazine rings is 1. The fourth-order valence-corrected chi connectivity index (χ4v) is 4.99. The molecule has 2 fully saturated rings. The molecule has 0 radical (unpaired) electrons. The van der Waals surface area contributed by atoms with Gasteiger partial charge in [-0.25, -0.2) is 8.42 Å². The molecule has 1 saturated carbocycles. The summed E-state index contributed by atoms with van der Waals surface area (Å²) in [6.45, 7) is 3.86. The highest BCUT2D eigenvalue weighted by molar-refractivity contribution is 7.89. The van der Waals surface area contributed by atoms with E-state index >= 15 is 0 Å². The molecule has 1 saturated heterocycles. The van der Waals surface area contributed by atoms with Crippen LogP contribution in [0.15, 0.2) is 41.3 Å². The highest BCUT2D eigenvalue weighted by Gasteiger charge is 2.30. The number of hydrogen-bond acceptors (Lipinski definition) is 6. The lowest BCUT2D eigenvalue weighted by Gasteiger charge is -2.34. The highest BCUT2D eigenvalue weighted by atomic mass is 32.2. The number of amides is 1. The molecular formula is C21H27N5O3S. The minimum Gasteiger partial charge on any atom is -0.352 e. The number of benzene rings is 1. The van der Waals surface area contributed by atoms with Crippen LogP contribution in [0.2, 0.25) is 0 Å². The van der Waals surface area contributed by atoms with Gasteiger partial charge in [-0.2, -0.15) is 9.40 Å². The van der Waals surface area contributed by atoms with E-state index in [2.05, 4.69) is 20.4 Å². The van der Waals surface area contributed by atoms with Crippen molar-refractivity contribution in [3.8, 4) is 0 Å². The fourth-order valence-electron chi connectivity index (χ4n) is 3.57. The fraction of sp³-hybridized carbons (Fsp3) is 0.476. The monoisotopic (exact) mass is 429 g/mol. The van der Waals surface area contributed by atoms with Crippen molar-refractivity contribution in [3.63, 3.8) is 0 Å². The second-order valence-electron chi connectivity index (χ2n) is 7.80. The molecule has 1 aliphatic heterocycles. The van der Waals surface area contributed by atoms with Crippen molar-refractivity contribution in [3.05, 3.63) is 42.1 Å². The van der Waals surface area contributed by atoms with Crippen molar-refractivity contribution in [2.24, 2.45) is 0 Å². The van der Waals surface area contributed by atoms with E-state index in [1.165, 1.54) is 17.1 Å². The van der Waals surface area contributed by atoms with Gasteiger partial charge in [-0.15, -0.1) is 5.10 Å². The molecule has 1 amide bonds. The van der Waals surface area contributed by atoms with Crippen LogP contribution in [0.1, 0.15) is 44.2 Å². The Hall–Kier alpha value is -2.52. The summed E-state index contributed by atoms with van der Waals surface area (Å²) in [4.78, 5) is 14.0. The smallest absolute Gasteiger partial charge is 0.243 e. The normalized spacial score (nSPS) is 17.7. The van der Waals surface area contributed by atoms with E-state index in [1.54, 1.807) is 24.3 Å². The first-order valence-electron chi connectivity index (χ1n) is 10.5. The zero-order valence-corrected chi connectivity index (χ0v) is 17.9. The largest absolute Gasteiger partial charge is 0.352 e. The highest BCUT2D eigenvalue weighted by Crippen LogP contribution is 2.38. The predicted molar refractivity (Wildman–Crippen MR) is 115 cm³/mol. The van der Waals surface area contributed by atoms with Gasteiger partial charge in [0.05, 0.1) is 10.6 Å². The maximum Gasteiger partial charge on any atom is 0.243 e. The van der Waals surface area contributed by atoms with Gasteiger partial charge in [0.1, 0.15) is 0 Å². The molecule has 0 unspecified atom stereocenters. The van der Waals surface area contributed by atoms with E-state index in [1.807, 2.05) is 19.1 Å². The van der Waals surface area contributed by atoms with Gasteiger partial charge in [0.15, 0.2) is 5.82 Å². The number of carbonyl (C=O) groups excluding carboxylic acids is 1. The van der Waals surface area contributed by atoms with E-state index < -0.39 is 10.0 Å².